The molecule has 3 aromatic rings. The van der Waals surface area contributed by atoms with E-state index in [1.54, 1.807) is 42.3 Å². The van der Waals surface area contributed by atoms with E-state index in [2.05, 4.69) is 4.72 Å². The first-order valence-corrected chi connectivity index (χ1v) is 12.1. The number of hydrogen-bond donors (Lipinski definition) is 1. The normalized spacial score (nSPS) is 12.9. The van der Waals surface area contributed by atoms with Crippen LogP contribution in [0.5, 0.6) is 17.2 Å². The van der Waals surface area contributed by atoms with Crippen molar-refractivity contribution in [2.75, 3.05) is 32.8 Å². The van der Waals surface area contributed by atoms with Crippen molar-refractivity contribution in [1.29, 1.82) is 0 Å². The Balaban J connectivity index is 1.51. The highest BCUT2D eigenvalue weighted by atomic mass is 32.2. The van der Waals surface area contributed by atoms with Gasteiger partial charge in [-0.3, -0.25) is 4.79 Å². The van der Waals surface area contributed by atoms with Crippen molar-refractivity contribution >= 4 is 21.6 Å². The largest absolute Gasteiger partial charge is 0.497 e. The van der Waals surface area contributed by atoms with Gasteiger partial charge < -0.3 is 19.1 Å². The molecule has 34 heavy (non-hydrogen) atoms. The lowest BCUT2D eigenvalue weighted by Gasteiger charge is -2.18. The molecular weight excluding hydrogens is 456 g/mol. The number of sulfonamides is 1. The van der Waals surface area contributed by atoms with Crippen LogP contribution in [0.4, 0.5) is 5.69 Å². The number of carbonyl (C=O) groups excluding carboxylic acids is 1. The molecule has 1 aliphatic heterocycles. The first-order chi connectivity index (χ1) is 16.4. The second kappa shape index (κ2) is 9.74. The van der Waals surface area contributed by atoms with E-state index >= 15 is 0 Å². The Kier molecular flexibility index (Phi) is 6.76. The average molecular weight is 483 g/mol. The van der Waals surface area contributed by atoms with E-state index in [4.69, 9.17) is 14.2 Å². The van der Waals surface area contributed by atoms with Gasteiger partial charge in [0.15, 0.2) is 11.5 Å². The van der Waals surface area contributed by atoms with Crippen LogP contribution >= 0.6 is 0 Å². The Morgan fingerprint density at radius 3 is 2.32 bits per heavy atom. The molecule has 1 heterocycles. The minimum atomic E-state index is -3.79. The van der Waals surface area contributed by atoms with Crippen LogP contribution in [0.2, 0.25) is 0 Å². The number of anilines is 1. The molecule has 0 saturated carbocycles. The highest BCUT2D eigenvalue weighted by Crippen LogP contribution is 2.32. The highest BCUT2D eigenvalue weighted by Gasteiger charge is 2.26. The molecule has 178 valence electrons. The molecule has 8 nitrogen and oxygen atoms in total. The molecule has 9 heteroatoms. The maximum absolute atomic E-state index is 13.1. The molecule has 0 bridgehead atoms. The fourth-order valence-electron chi connectivity index (χ4n) is 3.88. The summed E-state index contributed by atoms with van der Waals surface area (Å²) in [4.78, 5) is 14.9. The Morgan fingerprint density at radius 2 is 1.65 bits per heavy atom. The monoisotopic (exact) mass is 482 g/mol. The molecule has 1 aliphatic rings. The molecule has 3 aromatic carbocycles. The van der Waals surface area contributed by atoms with Crippen molar-refractivity contribution < 1.29 is 27.4 Å². The summed E-state index contributed by atoms with van der Waals surface area (Å²) in [6.07, 6.45) is 0.745. The summed E-state index contributed by atoms with van der Waals surface area (Å²) in [5, 5.41) is 0. The highest BCUT2D eigenvalue weighted by molar-refractivity contribution is 7.89. The predicted molar refractivity (Wildman–Crippen MR) is 128 cm³/mol. The van der Waals surface area contributed by atoms with Crippen molar-refractivity contribution in [2.24, 2.45) is 0 Å². The summed E-state index contributed by atoms with van der Waals surface area (Å²) in [6.45, 7) is 0.648. The number of benzene rings is 3. The molecule has 0 atom stereocenters. The van der Waals surface area contributed by atoms with Crippen LogP contribution in [0.1, 0.15) is 21.5 Å². The number of amides is 1. The fraction of sp³-hybridized carbons (Fsp3) is 0.240. The summed E-state index contributed by atoms with van der Waals surface area (Å²) in [6, 6.07) is 17.1. The van der Waals surface area contributed by atoms with Gasteiger partial charge in [0.1, 0.15) is 5.75 Å². The van der Waals surface area contributed by atoms with Crippen LogP contribution in [0.15, 0.2) is 65.6 Å². The lowest BCUT2D eigenvalue weighted by molar-refractivity contribution is 0.0989. The van der Waals surface area contributed by atoms with Crippen LogP contribution in [-0.4, -0.2) is 42.2 Å². The first-order valence-electron chi connectivity index (χ1n) is 10.7. The second-order valence-electron chi connectivity index (χ2n) is 7.74. The molecule has 0 radical (unpaired) electrons. The number of nitrogens with one attached hydrogen (secondary N) is 1. The van der Waals surface area contributed by atoms with Crippen LogP contribution < -0.4 is 23.8 Å². The van der Waals surface area contributed by atoms with Crippen molar-refractivity contribution in [1.82, 2.24) is 4.72 Å². The van der Waals surface area contributed by atoms with E-state index in [1.165, 1.54) is 26.4 Å². The summed E-state index contributed by atoms with van der Waals surface area (Å²) >= 11 is 0. The van der Waals surface area contributed by atoms with E-state index in [9.17, 15) is 13.2 Å². The van der Waals surface area contributed by atoms with Crippen LogP contribution in [0, 0.1) is 0 Å². The molecule has 4 rings (SSSR count). The molecule has 0 spiro atoms. The molecule has 0 saturated heterocycles. The van der Waals surface area contributed by atoms with E-state index in [1.807, 2.05) is 18.2 Å². The van der Waals surface area contributed by atoms with Crippen molar-refractivity contribution in [2.45, 2.75) is 17.9 Å². The quantitative estimate of drug-likeness (QED) is 0.529. The molecule has 1 N–H and O–H groups in total. The zero-order valence-corrected chi connectivity index (χ0v) is 20.0. The lowest BCUT2D eigenvalue weighted by Crippen LogP contribution is -2.29. The maximum Gasteiger partial charge on any atom is 0.258 e. The smallest absolute Gasteiger partial charge is 0.258 e. The summed E-state index contributed by atoms with van der Waals surface area (Å²) < 4.78 is 43.8. The minimum absolute atomic E-state index is 0.0719. The number of fused-ring (bicyclic) bond motifs is 1. The van der Waals surface area contributed by atoms with Gasteiger partial charge in [0.2, 0.25) is 10.0 Å². The number of ether oxygens (including phenoxy) is 3. The topological polar surface area (TPSA) is 94.2 Å². The van der Waals surface area contributed by atoms with E-state index in [0.29, 0.717) is 29.4 Å². The lowest BCUT2D eigenvalue weighted by atomic mass is 10.1. The number of carbonyl (C=O) groups is 1. The van der Waals surface area contributed by atoms with E-state index in [0.717, 1.165) is 23.2 Å². The van der Waals surface area contributed by atoms with Crippen molar-refractivity contribution in [3.05, 3.63) is 77.4 Å². The number of rotatable bonds is 8. The van der Waals surface area contributed by atoms with Crippen LogP contribution in [0.3, 0.4) is 0 Å². The molecular formula is C25H26N2O6S. The Bertz CT molecular complexity index is 1310. The molecule has 0 unspecified atom stereocenters. The van der Waals surface area contributed by atoms with E-state index < -0.39 is 10.0 Å². The van der Waals surface area contributed by atoms with Crippen LogP contribution in [0.25, 0.3) is 0 Å². The van der Waals surface area contributed by atoms with Crippen molar-refractivity contribution in [3.8, 4) is 17.2 Å². The van der Waals surface area contributed by atoms with Gasteiger partial charge in [-0.05, 0) is 60.0 Å². The summed E-state index contributed by atoms with van der Waals surface area (Å²) in [7, 11) is 0.727. The second-order valence-corrected chi connectivity index (χ2v) is 9.51. The third kappa shape index (κ3) is 4.71. The van der Waals surface area contributed by atoms with Gasteiger partial charge in [-0.25, -0.2) is 13.1 Å². The average Bonchev–Trinajstić information content (AvgIpc) is 3.30. The van der Waals surface area contributed by atoms with Gasteiger partial charge in [-0.15, -0.1) is 0 Å². The maximum atomic E-state index is 13.1. The zero-order chi connectivity index (χ0) is 24.3. The van der Waals surface area contributed by atoms with Gasteiger partial charge in [0.25, 0.3) is 5.91 Å². The van der Waals surface area contributed by atoms with E-state index in [-0.39, 0.29) is 17.3 Å². The standard InChI is InChI=1S/C25H26N2O6S/c1-31-20-8-6-19(7-9-20)25(28)27-13-12-18-5-4-17(14-22(18)27)16-26-34(29,30)21-10-11-23(32-2)24(15-21)33-3/h4-11,14-15,26H,12-13,16H2,1-3H3. The van der Waals surface area contributed by atoms with Gasteiger partial charge in [-0.1, -0.05) is 12.1 Å². The number of nitrogens with zero attached hydrogens (tertiary/aromatic N) is 1. The molecule has 1 amide bonds. The third-order valence-electron chi connectivity index (χ3n) is 5.76. The molecule has 0 fully saturated rings. The van der Waals surface area contributed by atoms with Gasteiger partial charge in [-0.2, -0.15) is 0 Å². The van der Waals surface area contributed by atoms with Crippen LogP contribution in [-0.2, 0) is 23.0 Å². The van der Waals surface area contributed by atoms with Gasteiger partial charge in [0.05, 0.1) is 26.2 Å². The van der Waals surface area contributed by atoms with Gasteiger partial charge >= 0.3 is 0 Å². The molecule has 0 aliphatic carbocycles. The van der Waals surface area contributed by atoms with Gasteiger partial charge in [0, 0.05) is 30.4 Å². The Morgan fingerprint density at radius 1 is 0.912 bits per heavy atom. The summed E-state index contributed by atoms with van der Waals surface area (Å²) in [5.41, 5.74) is 3.16. The third-order valence-corrected chi connectivity index (χ3v) is 7.16. The van der Waals surface area contributed by atoms with Crippen molar-refractivity contribution in [3.63, 3.8) is 0 Å². The molecule has 0 aromatic heterocycles. The first kappa shape index (κ1) is 23.6. The minimum Gasteiger partial charge on any atom is -0.497 e. The Labute approximate surface area is 199 Å². The summed E-state index contributed by atoms with van der Waals surface area (Å²) in [5.74, 6) is 1.35. The Hall–Kier alpha value is -3.56. The number of methoxy groups -OCH3 is 3. The predicted octanol–water partition coefficient (Wildman–Crippen LogP) is 3.39. The number of hydrogen-bond acceptors (Lipinski definition) is 6. The fourth-order valence-corrected chi connectivity index (χ4v) is 4.91. The zero-order valence-electron chi connectivity index (χ0n) is 19.2. The SMILES string of the molecule is COc1ccc(C(=O)N2CCc3ccc(CNS(=O)(=O)c4ccc(OC)c(OC)c4)cc32)cc1.